The molecule has 0 aliphatic heterocycles. The smallest absolute Gasteiger partial charge is 0.0831 e. The van der Waals surface area contributed by atoms with Crippen molar-refractivity contribution < 1.29 is 0 Å². The summed E-state index contributed by atoms with van der Waals surface area (Å²) in [6.07, 6.45) is 3.64. The highest BCUT2D eigenvalue weighted by Gasteiger charge is 1.85. The molecule has 0 saturated carbocycles. The molecule has 0 aromatic carbocycles. The van der Waals surface area contributed by atoms with Crippen LogP contribution in [0, 0.1) is 0 Å². The molecular formula is C7H10IN. The molecule has 0 atom stereocenters. The van der Waals surface area contributed by atoms with Crippen molar-refractivity contribution >= 4 is 29.1 Å². The Bertz CT molecular complexity index is 156. The molecule has 1 nitrogen and oxygen atoms in total. The summed E-state index contributed by atoms with van der Waals surface area (Å²) < 4.78 is 3.84. The number of hydrogen-bond acceptors (Lipinski definition) is 1. The summed E-state index contributed by atoms with van der Waals surface area (Å²) in [6, 6.07) is 0. The van der Waals surface area contributed by atoms with Gasteiger partial charge in [-0.15, -0.1) is 0 Å². The summed E-state index contributed by atoms with van der Waals surface area (Å²) in [5.74, 6) is 0. The van der Waals surface area contributed by atoms with Crippen LogP contribution >= 0.6 is 22.9 Å². The highest BCUT2D eigenvalue weighted by molar-refractivity contribution is 14.1. The van der Waals surface area contributed by atoms with Crippen LogP contribution in [0.4, 0.5) is 0 Å². The summed E-state index contributed by atoms with van der Waals surface area (Å²) in [5.41, 5.74) is 2.34. The van der Waals surface area contributed by atoms with Crippen molar-refractivity contribution in [2.24, 2.45) is 3.21 Å². The molecule has 0 aromatic heterocycles. The molecule has 0 heterocycles. The van der Waals surface area contributed by atoms with Gasteiger partial charge in [-0.05, 0) is 25.0 Å². The summed E-state index contributed by atoms with van der Waals surface area (Å²) >= 11 is 1.95. The second-order valence-corrected chi connectivity index (χ2v) is 2.35. The third kappa shape index (κ3) is 3.46. The standard InChI is InChI=1S/C7H10IN/c1-4-6(2)7(3)5-9-8/h4-5H,1H2,2-3H3/b7-6-,9-5-. The predicted molar refractivity (Wildman–Crippen MR) is 51.1 cm³/mol. The summed E-state index contributed by atoms with van der Waals surface area (Å²) in [5, 5.41) is 0. The molecule has 0 saturated heterocycles. The maximum Gasteiger partial charge on any atom is 0.0831 e. The van der Waals surface area contributed by atoms with E-state index in [9.17, 15) is 0 Å². The van der Waals surface area contributed by atoms with E-state index in [1.165, 1.54) is 11.1 Å². The summed E-state index contributed by atoms with van der Waals surface area (Å²) in [7, 11) is 0. The van der Waals surface area contributed by atoms with Crippen LogP contribution in [0.3, 0.4) is 0 Å². The first kappa shape index (κ1) is 8.88. The van der Waals surface area contributed by atoms with E-state index in [2.05, 4.69) is 9.78 Å². The van der Waals surface area contributed by atoms with E-state index in [1.807, 2.05) is 49.0 Å². The van der Waals surface area contributed by atoms with E-state index in [0.29, 0.717) is 0 Å². The molecule has 0 rings (SSSR count). The lowest BCUT2D eigenvalue weighted by atomic mass is 10.2. The molecule has 0 radical (unpaired) electrons. The highest BCUT2D eigenvalue weighted by Crippen LogP contribution is 2.01. The first-order chi connectivity index (χ1) is 4.22. The van der Waals surface area contributed by atoms with Crippen molar-refractivity contribution in [2.45, 2.75) is 13.8 Å². The van der Waals surface area contributed by atoms with Crippen molar-refractivity contribution in [1.82, 2.24) is 0 Å². The van der Waals surface area contributed by atoms with E-state index >= 15 is 0 Å². The van der Waals surface area contributed by atoms with E-state index in [4.69, 9.17) is 0 Å². The Morgan fingerprint density at radius 1 is 1.44 bits per heavy atom. The van der Waals surface area contributed by atoms with Gasteiger partial charge in [0.05, 0.1) is 22.9 Å². The second kappa shape index (κ2) is 4.73. The van der Waals surface area contributed by atoms with Crippen LogP contribution in [0.15, 0.2) is 27.0 Å². The maximum absolute atomic E-state index is 3.84. The molecule has 0 unspecified atom stereocenters. The number of nitrogens with zero attached hydrogens (tertiary/aromatic N) is 1. The molecule has 2 heteroatoms. The largest absolute Gasteiger partial charge is 0.223 e. The normalized spacial score (nSPS) is 13.7. The molecule has 0 fully saturated rings. The minimum atomic E-state index is 1.17. The zero-order chi connectivity index (χ0) is 7.28. The van der Waals surface area contributed by atoms with E-state index < -0.39 is 0 Å². The molecule has 9 heavy (non-hydrogen) atoms. The second-order valence-electron chi connectivity index (χ2n) is 1.80. The van der Waals surface area contributed by atoms with Gasteiger partial charge in [-0.2, -0.15) is 0 Å². The Kier molecular flexibility index (Phi) is 4.67. The Morgan fingerprint density at radius 3 is 2.33 bits per heavy atom. The van der Waals surface area contributed by atoms with Crippen LogP contribution < -0.4 is 0 Å². The molecule has 0 aliphatic carbocycles. The van der Waals surface area contributed by atoms with Gasteiger partial charge in [0.1, 0.15) is 0 Å². The number of allylic oxidation sites excluding steroid dienone is 3. The summed E-state index contributed by atoms with van der Waals surface area (Å²) in [6.45, 7) is 7.67. The van der Waals surface area contributed by atoms with Crippen LogP contribution in [0.1, 0.15) is 13.8 Å². The third-order valence-corrected chi connectivity index (χ3v) is 1.45. The molecule has 0 bridgehead atoms. The van der Waals surface area contributed by atoms with E-state index in [1.54, 1.807) is 0 Å². The van der Waals surface area contributed by atoms with Gasteiger partial charge in [0.15, 0.2) is 0 Å². The van der Waals surface area contributed by atoms with Gasteiger partial charge in [-0.1, -0.05) is 12.7 Å². The fourth-order valence-electron chi connectivity index (χ4n) is 0.336. The van der Waals surface area contributed by atoms with Gasteiger partial charge in [-0.25, -0.2) is 3.21 Å². The van der Waals surface area contributed by atoms with E-state index in [0.717, 1.165) is 0 Å². The topological polar surface area (TPSA) is 12.4 Å². The van der Waals surface area contributed by atoms with Crippen LogP contribution in [-0.4, -0.2) is 6.21 Å². The quantitative estimate of drug-likeness (QED) is 0.396. The van der Waals surface area contributed by atoms with Gasteiger partial charge in [0.2, 0.25) is 0 Å². The zero-order valence-corrected chi connectivity index (χ0v) is 7.84. The minimum absolute atomic E-state index is 1.17. The van der Waals surface area contributed by atoms with Crippen molar-refractivity contribution in [3.8, 4) is 0 Å². The van der Waals surface area contributed by atoms with Gasteiger partial charge < -0.3 is 0 Å². The van der Waals surface area contributed by atoms with Crippen LogP contribution in [0.25, 0.3) is 0 Å². The van der Waals surface area contributed by atoms with Crippen molar-refractivity contribution in [3.63, 3.8) is 0 Å². The Morgan fingerprint density at radius 2 is 2.00 bits per heavy atom. The van der Waals surface area contributed by atoms with Gasteiger partial charge in [-0.3, -0.25) is 0 Å². The van der Waals surface area contributed by atoms with Gasteiger partial charge >= 0.3 is 0 Å². The first-order valence-electron chi connectivity index (χ1n) is 2.66. The lowest BCUT2D eigenvalue weighted by Crippen LogP contribution is -1.79. The monoisotopic (exact) mass is 235 g/mol. The fourth-order valence-corrected chi connectivity index (χ4v) is 0.754. The van der Waals surface area contributed by atoms with Crippen molar-refractivity contribution in [2.75, 3.05) is 0 Å². The molecule has 0 amide bonds. The van der Waals surface area contributed by atoms with Crippen LogP contribution in [-0.2, 0) is 0 Å². The lowest BCUT2D eigenvalue weighted by Gasteiger charge is -1.92. The maximum atomic E-state index is 3.84. The molecule has 0 aliphatic rings. The third-order valence-electron chi connectivity index (χ3n) is 1.17. The molecule has 0 spiro atoms. The first-order valence-corrected chi connectivity index (χ1v) is 3.63. The average molecular weight is 235 g/mol. The molecule has 50 valence electrons. The van der Waals surface area contributed by atoms with Crippen LogP contribution in [0.2, 0.25) is 0 Å². The van der Waals surface area contributed by atoms with Crippen molar-refractivity contribution in [1.29, 1.82) is 0 Å². The van der Waals surface area contributed by atoms with Crippen molar-refractivity contribution in [3.05, 3.63) is 23.8 Å². The van der Waals surface area contributed by atoms with Gasteiger partial charge in [0.25, 0.3) is 0 Å². The Labute approximate surface area is 70.1 Å². The minimum Gasteiger partial charge on any atom is -0.223 e. The highest BCUT2D eigenvalue weighted by atomic mass is 127. The Balaban J connectivity index is 4.27. The SMILES string of the molecule is C=C/C(C)=C(C)\C=N/I. The predicted octanol–water partition coefficient (Wildman–Crippen LogP) is 2.93. The Hall–Kier alpha value is -0.120. The number of hydrogen-bond donors (Lipinski definition) is 0. The number of rotatable bonds is 2. The summed E-state index contributed by atoms with van der Waals surface area (Å²) in [4.78, 5) is 0. The molecule has 0 N–H and O–H groups in total. The zero-order valence-electron chi connectivity index (χ0n) is 5.69. The van der Waals surface area contributed by atoms with Crippen LogP contribution in [0.5, 0.6) is 0 Å². The number of halogens is 1. The average Bonchev–Trinajstić information content (AvgIpc) is 1.87. The molecule has 0 aromatic rings. The lowest BCUT2D eigenvalue weighted by molar-refractivity contribution is 1.43. The fraction of sp³-hybridized carbons (Fsp3) is 0.286. The van der Waals surface area contributed by atoms with Gasteiger partial charge in [0, 0.05) is 6.21 Å². The van der Waals surface area contributed by atoms with E-state index in [-0.39, 0.29) is 0 Å². The molecular weight excluding hydrogens is 225 g/mol.